The standard InChI is InChI=1S/C13H23N3/c1-11-10-15-13(16-11)14-9-8-12-6-4-2-3-5-7-12/h6,11H,2-5,7-10H2,1H3,(H2,14,15,16). The molecule has 0 saturated heterocycles. The van der Waals surface area contributed by atoms with E-state index in [2.05, 4.69) is 28.6 Å². The molecule has 2 aliphatic rings. The highest BCUT2D eigenvalue weighted by atomic mass is 15.2. The highest BCUT2D eigenvalue weighted by Gasteiger charge is 2.11. The summed E-state index contributed by atoms with van der Waals surface area (Å²) < 4.78 is 0. The second kappa shape index (κ2) is 5.92. The smallest absolute Gasteiger partial charge is 0.191 e. The van der Waals surface area contributed by atoms with Gasteiger partial charge in [-0.25, -0.2) is 0 Å². The Morgan fingerprint density at radius 2 is 2.38 bits per heavy atom. The zero-order chi connectivity index (χ0) is 11.2. The number of guanidine groups is 1. The van der Waals surface area contributed by atoms with Crippen LogP contribution in [0.2, 0.25) is 0 Å². The molecule has 16 heavy (non-hydrogen) atoms. The van der Waals surface area contributed by atoms with E-state index in [0.717, 1.165) is 19.0 Å². The largest absolute Gasteiger partial charge is 0.356 e. The minimum atomic E-state index is 0.500. The molecule has 90 valence electrons. The molecule has 1 aliphatic heterocycles. The Morgan fingerprint density at radius 3 is 3.19 bits per heavy atom. The average Bonchev–Trinajstić information content (AvgIpc) is 2.54. The molecule has 3 nitrogen and oxygen atoms in total. The quantitative estimate of drug-likeness (QED) is 0.717. The summed E-state index contributed by atoms with van der Waals surface area (Å²) in [7, 11) is 0. The number of rotatable bonds is 3. The van der Waals surface area contributed by atoms with Crippen molar-refractivity contribution < 1.29 is 0 Å². The van der Waals surface area contributed by atoms with Crippen LogP contribution in [0.15, 0.2) is 16.6 Å². The Balaban J connectivity index is 1.65. The molecule has 0 bridgehead atoms. The Morgan fingerprint density at radius 1 is 1.44 bits per heavy atom. The number of nitrogens with one attached hydrogen (secondary N) is 2. The van der Waals surface area contributed by atoms with Crippen molar-refractivity contribution in [3.63, 3.8) is 0 Å². The maximum atomic E-state index is 4.39. The summed E-state index contributed by atoms with van der Waals surface area (Å²) in [4.78, 5) is 4.39. The molecule has 2 N–H and O–H groups in total. The highest BCUT2D eigenvalue weighted by Crippen LogP contribution is 2.18. The first-order chi connectivity index (χ1) is 7.84. The second-order valence-electron chi connectivity index (χ2n) is 4.87. The van der Waals surface area contributed by atoms with Crippen molar-refractivity contribution in [1.82, 2.24) is 10.6 Å². The first kappa shape index (κ1) is 11.5. The monoisotopic (exact) mass is 221 g/mol. The summed E-state index contributed by atoms with van der Waals surface area (Å²) in [5.41, 5.74) is 1.64. The lowest BCUT2D eigenvalue weighted by Crippen LogP contribution is -2.38. The number of nitrogens with zero attached hydrogens (tertiary/aromatic N) is 1. The van der Waals surface area contributed by atoms with Crippen LogP contribution in [0.1, 0.15) is 45.4 Å². The molecule has 0 spiro atoms. The Hall–Kier alpha value is -0.990. The van der Waals surface area contributed by atoms with E-state index in [0.29, 0.717) is 6.04 Å². The van der Waals surface area contributed by atoms with Crippen LogP contribution in [-0.4, -0.2) is 25.1 Å². The lowest BCUT2D eigenvalue weighted by atomic mass is 10.1. The van der Waals surface area contributed by atoms with Gasteiger partial charge in [0.05, 0.1) is 6.54 Å². The van der Waals surface area contributed by atoms with Gasteiger partial charge in [-0.3, -0.25) is 4.99 Å². The molecule has 0 radical (unpaired) electrons. The fraction of sp³-hybridized carbons (Fsp3) is 0.769. The van der Waals surface area contributed by atoms with Crippen molar-refractivity contribution in [2.24, 2.45) is 4.99 Å². The van der Waals surface area contributed by atoms with Crippen LogP contribution >= 0.6 is 0 Å². The van der Waals surface area contributed by atoms with Gasteiger partial charge in [-0.05, 0) is 39.0 Å². The third-order valence-corrected chi connectivity index (χ3v) is 3.28. The van der Waals surface area contributed by atoms with Crippen molar-refractivity contribution in [2.75, 3.05) is 13.1 Å². The number of allylic oxidation sites excluding steroid dienone is 1. The predicted molar refractivity (Wildman–Crippen MR) is 68.7 cm³/mol. The molecule has 1 aliphatic carbocycles. The molecular formula is C13H23N3. The van der Waals surface area contributed by atoms with Crippen molar-refractivity contribution in [3.05, 3.63) is 11.6 Å². The van der Waals surface area contributed by atoms with Gasteiger partial charge in [0.25, 0.3) is 0 Å². The number of hydrogen-bond donors (Lipinski definition) is 2. The minimum Gasteiger partial charge on any atom is -0.356 e. The summed E-state index contributed by atoms with van der Waals surface area (Å²) in [5, 5.41) is 6.70. The minimum absolute atomic E-state index is 0.500. The van der Waals surface area contributed by atoms with Gasteiger partial charge in [0.1, 0.15) is 0 Å². The Labute approximate surface area is 98.4 Å². The summed E-state index contributed by atoms with van der Waals surface area (Å²) in [6.07, 6.45) is 10.4. The zero-order valence-corrected chi connectivity index (χ0v) is 10.3. The molecule has 2 rings (SSSR count). The normalized spacial score (nSPS) is 25.4. The summed E-state index contributed by atoms with van der Waals surface area (Å²) >= 11 is 0. The van der Waals surface area contributed by atoms with Crippen LogP contribution in [0.25, 0.3) is 0 Å². The summed E-state index contributed by atoms with van der Waals surface area (Å²) in [5.74, 6) is 0.988. The van der Waals surface area contributed by atoms with E-state index in [1.54, 1.807) is 5.57 Å². The van der Waals surface area contributed by atoms with E-state index in [9.17, 15) is 0 Å². The molecule has 0 aromatic rings. The van der Waals surface area contributed by atoms with Crippen molar-refractivity contribution in [1.29, 1.82) is 0 Å². The van der Waals surface area contributed by atoms with E-state index in [-0.39, 0.29) is 0 Å². The lowest BCUT2D eigenvalue weighted by Gasteiger charge is -2.10. The van der Waals surface area contributed by atoms with Crippen molar-refractivity contribution >= 4 is 5.96 Å². The Bertz CT molecular complexity index is 281. The second-order valence-corrected chi connectivity index (χ2v) is 4.87. The highest BCUT2D eigenvalue weighted by molar-refractivity contribution is 5.81. The molecule has 0 aromatic carbocycles. The van der Waals surface area contributed by atoms with E-state index >= 15 is 0 Å². The molecule has 1 heterocycles. The van der Waals surface area contributed by atoms with Gasteiger partial charge in [0.2, 0.25) is 0 Å². The summed E-state index contributed by atoms with van der Waals surface area (Å²) in [6.45, 7) is 4.08. The van der Waals surface area contributed by atoms with Gasteiger partial charge < -0.3 is 10.6 Å². The van der Waals surface area contributed by atoms with Crippen LogP contribution in [-0.2, 0) is 0 Å². The number of hydrogen-bond acceptors (Lipinski definition) is 3. The molecular weight excluding hydrogens is 198 g/mol. The molecule has 0 saturated carbocycles. The third-order valence-electron chi connectivity index (χ3n) is 3.28. The molecule has 0 aromatic heterocycles. The van der Waals surface area contributed by atoms with Crippen molar-refractivity contribution in [3.8, 4) is 0 Å². The fourth-order valence-electron chi connectivity index (χ4n) is 2.31. The maximum Gasteiger partial charge on any atom is 0.191 e. The van der Waals surface area contributed by atoms with Crippen LogP contribution in [0.5, 0.6) is 0 Å². The van der Waals surface area contributed by atoms with E-state index < -0.39 is 0 Å². The van der Waals surface area contributed by atoms with Gasteiger partial charge in [0.15, 0.2) is 5.96 Å². The topological polar surface area (TPSA) is 36.4 Å². The van der Waals surface area contributed by atoms with E-state index in [1.165, 1.54) is 38.5 Å². The van der Waals surface area contributed by atoms with Gasteiger partial charge >= 0.3 is 0 Å². The van der Waals surface area contributed by atoms with Crippen LogP contribution in [0.4, 0.5) is 0 Å². The third kappa shape index (κ3) is 3.54. The average molecular weight is 221 g/mol. The van der Waals surface area contributed by atoms with Gasteiger partial charge in [-0.2, -0.15) is 0 Å². The van der Waals surface area contributed by atoms with Crippen LogP contribution in [0, 0.1) is 0 Å². The maximum absolute atomic E-state index is 4.39. The molecule has 3 heteroatoms. The first-order valence-corrected chi connectivity index (χ1v) is 6.57. The molecule has 1 unspecified atom stereocenters. The van der Waals surface area contributed by atoms with E-state index in [4.69, 9.17) is 0 Å². The molecule has 1 atom stereocenters. The molecule has 0 amide bonds. The van der Waals surface area contributed by atoms with Gasteiger partial charge in [0, 0.05) is 12.6 Å². The summed E-state index contributed by atoms with van der Waals surface area (Å²) in [6, 6.07) is 0.500. The van der Waals surface area contributed by atoms with E-state index in [1.807, 2.05) is 0 Å². The first-order valence-electron chi connectivity index (χ1n) is 6.57. The van der Waals surface area contributed by atoms with Crippen molar-refractivity contribution in [2.45, 2.75) is 51.5 Å². The SMILES string of the molecule is CC1CN=C(NCCC2=CCCCCC2)N1. The van der Waals surface area contributed by atoms with Crippen LogP contribution in [0.3, 0.4) is 0 Å². The van der Waals surface area contributed by atoms with Gasteiger partial charge in [-0.15, -0.1) is 0 Å². The zero-order valence-electron chi connectivity index (χ0n) is 10.3. The Kier molecular flexibility index (Phi) is 4.25. The van der Waals surface area contributed by atoms with Crippen LogP contribution < -0.4 is 10.6 Å². The fourth-order valence-corrected chi connectivity index (χ4v) is 2.31. The number of aliphatic imine (C=N–C) groups is 1. The molecule has 0 fully saturated rings. The lowest BCUT2D eigenvalue weighted by molar-refractivity contribution is 0.693. The van der Waals surface area contributed by atoms with Gasteiger partial charge in [-0.1, -0.05) is 18.1 Å². The predicted octanol–water partition coefficient (Wildman–Crippen LogP) is 2.20.